The van der Waals surface area contributed by atoms with Crippen LogP contribution in [0.15, 0.2) is 12.2 Å². The molecule has 0 aromatic carbocycles. The van der Waals surface area contributed by atoms with Gasteiger partial charge in [0, 0.05) is 25.5 Å². The fraction of sp³-hybridized carbons (Fsp3) is 0.750. The van der Waals surface area contributed by atoms with E-state index in [0.717, 1.165) is 19.3 Å². The highest BCUT2D eigenvalue weighted by Crippen LogP contribution is 2.20. The second-order valence-electron chi connectivity index (χ2n) is 4.73. The molecule has 1 saturated heterocycles. The van der Waals surface area contributed by atoms with E-state index in [1.807, 2.05) is 0 Å². The molecule has 90 valence electrons. The molecule has 0 aromatic rings. The number of ether oxygens (including phenoxy) is 1. The number of hydrogen-bond donors (Lipinski definition) is 2. The predicted molar refractivity (Wildman–Crippen MR) is 59.9 cm³/mol. The van der Waals surface area contributed by atoms with Gasteiger partial charge in [-0.05, 0) is 19.3 Å². The maximum absolute atomic E-state index is 11.8. The molecule has 2 N–H and O–H groups in total. The largest absolute Gasteiger partial charge is 0.386 e. The molecule has 4 nitrogen and oxygen atoms in total. The number of rotatable bonds is 3. The summed E-state index contributed by atoms with van der Waals surface area (Å²) >= 11 is 0. The minimum Gasteiger partial charge on any atom is -0.386 e. The van der Waals surface area contributed by atoms with Gasteiger partial charge in [0.25, 0.3) is 0 Å². The quantitative estimate of drug-likeness (QED) is 0.692. The fourth-order valence-electron chi connectivity index (χ4n) is 2.16. The zero-order chi connectivity index (χ0) is 11.4. The third kappa shape index (κ3) is 2.83. The van der Waals surface area contributed by atoms with Crippen molar-refractivity contribution in [1.82, 2.24) is 5.32 Å². The van der Waals surface area contributed by atoms with Gasteiger partial charge in [0.05, 0.1) is 6.61 Å². The highest BCUT2D eigenvalue weighted by molar-refractivity contribution is 5.79. The number of amides is 1. The van der Waals surface area contributed by atoms with Crippen LogP contribution >= 0.6 is 0 Å². The lowest BCUT2D eigenvalue weighted by molar-refractivity contribution is -0.126. The zero-order valence-electron chi connectivity index (χ0n) is 9.45. The summed E-state index contributed by atoms with van der Waals surface area (Å²) in [6.07, 6.45) is 7.49. The molecule has 2 aliphatic rings. The number of nitrogens with one attached hydrogen (secondary N) is 1. The van der Waals surface area contributed by atoms with Gasteiger partial charge >= 0.3 is 0 Å². The second kappa shape index (κ2) is 4.97. The van der Waals surface area contributed by atoms with Gasteiger partial charge in [0.15, 0.2) is 0 Å². The molecule has 4 heteroatoms. The summed E-state index contributed by atoms with van der Waals surface area (Å²) in [7, 11) is 0. The van der Waals surface area contributed by atoms with Crippen molar-refractivity contribution in [1.29, 1.82) is 0 Å². The summed E-state index contributed by atoms with van der Waals surface area (Å²) in [5.74, 6) is 0.139. The van der Waals surface area contributed by atoms with Gasteiger partial charge in [-0.25, -0.2) is 0 Å². The highest BCUT2D eigenvalue weighted by atomic mass is 16.5. The van der Waals surface area contributed by atoms with E-state index in [1.54, 1.807) is 0 Å². The lowest BCUT2D eigenvalue weighted by atomic mass is 9.93. The van der Waals surface area contributed by atoms with Crippen molar-refractivity contribution in [3.05, 3.63) is 12.2 Å². The summed E-state index contributed by atoms with van der Waals surface area (Å²) < 4.78 is 5.13. The van der Waals surface area contributed by atoms with Gasteiger partial charge < -0.3 is 15.2 Å². The van der Waals surface area contributed by atoms with Crippen molar-refractivity contribution in [3.8, 4) is 0 Å². The third-order valence-corrected chi connectivity index (χ3v) is 3.31. The lowest BCUT2D eigenvalue weighted by Gasteiger charge is -2.23. The van der Waals surface area contributed by atoms with E-state index in [1.165, 1.54) is 0 Å². The Balaban J connectivity index is 1.76. The van der Waals surface area contributed by atoms with Crippen LogP contribution < -0.4 is 5.32 Å². The number of allylic oxidation sites excluding steroid dienone is 2. The Morgan fingerprint density at radius 2 is 2.44 bits per heavy atom. The first-order valence-corrected chi connectivity index (χ1v) is 5.92. The molecule has 1 fully saturated rings. The maximum Gasteiger partial charge on any atom is 0.223 e. The van der Waals surface area contributed by atoms with Crippen LogP contribution in [0.2, 0.25) is 0 Å². The third-order valence-electron chi connectivity index (χ3n) is 3.31. The Hall–Kier alpha value is -0.870. The molecule has 1 aliphatic heterocycles. The van der Waals surface area contributed by atoms with E-state index in [-0.39, 0.29) is 11.8 Å². The first-order chi connectivity index (χ1) is 7.70. The normalized spacial score (nSPS) is 33.9. The Labute approximate surface area is 95.7 Å². The predicted octanol–water partition coefficient (Wildman–Crippen LogP) is 0.610. The van der Waals surface area contributed by atoms with Gasteiger partial charge in [-0.15, -0.1) is 0 Å². The Kier molecular flexibility index (Phi) is 3.61. The Morgan fingerprint density at radius 1 is 1.56 bits per heavy atom. The standard InChI is InChI=1S/C12H19NO3/c14-11(10-4-2-1-3-5-10)13-8-12(15)6-7-16-9-12/h1-2,10,15H,3-9H2,(H,13,14). The first kappa shape index (κ1) is 11.6. The van der Waals surface area contributed by atoms with E-state index < -0.39 is 5.60 Å². The molecule has 1 aliphatic carbocycles. The van der Waals surface area contributed by atoms with E-state index in [9.17, 15) is 9.90 Å². The van der Waals surface area contributed by atoms with Crippen LogP contribution in [0, 0.1) is 5.92 Å². The first-order valence-electron chi connectivity index (χ1n) is 5.92. The minimum absolute atomic E-state index is 0.0599. The molecule has 1 amide bonds. The second-order valence-corrected chi connectivity index (χ2v) is 4.73. The van der Waals surface area contributed by atoms with Crippen molar-refractivity contribution in [2.75, 3.05) is 19.8 Å². The number of hydrogen-bond acceptors (Lipinski definition) is 3. The number of carbonyl (C=O) groups excluding carboxylic acids is 1. The average molecular weight is 225 g/mol. The van der Waals surface area contributed by atoms with E-state index in [0.29, 0.717) is 26.2 Å². The van der Waals surface area contributed by atoms with Gasteiger partial charge in [-0.3, -0.25) is 4.79 Å². The van der Waals surface area contributed by atoms with Crippen LogP contribution in [0.1, 0.15) is 25.7 Å². The molecule has 0 radical (unpaired) electrons. The molecule has 2 rings (SSSR count). The summed E-state index contributed by atoms with van der Waals surface area (Å²) in [5.41, 5.74) is -0.847. The summed E-state index contributed by atoms with van der Waals surface area (Å²) in [6, 6.07) is 0. The van der Waals surface area contributed by atoms with E-state index >= 15 is 0 Å². The topological polar surface area (TPSA) is 58.6 Å². The number of aliphatic hydroxyl groups is 1. The number of carbonyl (C=O) groups is 1. The monoisotopic (exact) mass is 225 g/mol. The van der Waals surface area contributed by atoms with Crippen LogP contribution in [0.4, 0.5) is 0 Å². The molecule has 16 heavy (non-hydrogen) atoms. The van der Waals surface area contributed by atoms with Crippen molar-refractivity contribution < 1.29 is 14.6 Å². The van der Waals surface area contributed by atoms with Crippen LogP contribution in [-0.4, -0.2) is 36.4 Å². The van der Waals surface area contributed by atoms with Crippen molar-refractivity contribution >= 4 is 5.91 Å². The molecule has 0 saturated carbocycles. The van der Waals surface area contributed by atoms with Crippen LogP contribution in [0.5, 0.6) is 0 Å². The van der Waals surface area contributed by atoms with Crippen LogP contribution in [0.3, 0.4) is 0 Å². The lowest BCUT2D eigenvalue weighted by Crippen LogP contribution is -2.45. The summed E-state index contributed by atoms with van der Waals surface area (Å²) in [5, 5.41) is 12.8. The van der Waals surface area contributed by atoms with Gasteiger partial charge in [0.2, 0.25) is 5.91 Å². The summed E-state index contributed by atoms with van der Waals surface area (Å²) in [6.45, 7) is 1.22. The Morgan fingerprint density at radius 3 is 3.06 bits per heavy atom. The zero-order valence-corrected chi connectivity index (χ0v) is 9.45. The van der Waals surface area contributed by atoms with Crippen molar-refractivity contribution in [2.45, 2.75) is 31.3 Å². The van der Waals surface area contributed by atoms with Gasteiger partial charge in [-0.1, -0.05) is 12.2 Å². The Bertz CT molecular complexity index is 282. The molecule has 1 heterocycles. The molecular formula is C12H19NO3. The van der Waals surface area contributed by atoms with Crippen molar-refractivity contribution in [2.24, 2.45) is 5.92 Å². The van der Waals surface area contributed by atoms with Gasteiger partial charge in [0.1, 0.15) is 5.60 Å². The fourth-order valence-corrected chi connectivity index (χ4v) is 2.16. The smallest absolute Gasteiger partial charge is 0.223 e. The van der Waals surface area contributed by atoms with Gasteiger partial charge in [-0.2, -0.15) is 0 Å². The van der Waals surface area contributed by atoms with Crippen LogP contribution in [-0.2, 0) is 9.53 Å². The van der Waals surface area contributed by atoms with E-state index in [4.69, 9.17) is 4.74 Å². The molecule has 0 spiro atoms. The maximum atomic E-state index is 11.8. The summed E-state index contributed by atoms with van der Waals surface area (Å²) in [4.78, 5) is 11.8. The molecule has 2 atom stereocenters. The highest BCUT2D eigenvalue weighted by Gasteiger charge is 2.33. The molecule has 0 bridgehead atoms. The minimum atomic E-state index is -0.847. The van der Waals surface area contributed by atoms with E-state index in [2.05, 4.69) is 17.5 Å². The average Bonchev–Trinajstić information content (AvgIpc) is 2.75. The molecule has 0 aromatic heterocycles. The molecule has 2 unspecified atom stereocenters. The van der Waals surface area contributed by atoms with Crippen molar-refractivity contribution in [3.63, 3.8) is 0 Å². The van der Waals surface area contributed by atoms with Crippen LogP contribution in [0.25, 0.3) is 0 Å². The molecular weight excluding hydrogens is 206 g/mol. The SMILES string of the molecule is O=C(NCC1(O)CCOC1)C1CC=CCC1.